The molecule has 0 amide bonds. The standard InChI is InChI=1S/C5H3Cl3O2S2/c6-4-1-3(5(7)11-4)2-12(8,9)10/h1H,2H2. The Morgan fingerprint density at radius 2 is 2.00 bits per heavy atom. The Bertz CT molecular complexity index is 381. The van der Waals surface area contributed by atoms with Gasteiger partial charge in [0, 0.05) is 10.7 Å². The lowest BCUT2D eigenvalue weighted by molar-refractivity contribution is 0.609. The van der Waals surface area contributed by atoms with Crippen molar-refractivity contribution in [3.63, 3.8) is 0 Å². The first-order valence-corrected chi connectivity index (χ1v) is 6.79. The molecule has 0 unspecified atom stereocenters. The van der Waals surface area contributed by atoms with E-state index >= 15 is 0 Å². The summed E-state index contributed by atoms with van der Waals surface area (Å²) in [5.74, 6) is -0.281. The van der Waals surface area contributed by atoms with E-state index in [4.69, 9.17) is 33.9 Å². The van der Waals surface area contributed by atoms with Crippen molar-refractivity contribution >= 4 is 54.3 Å². The molecule has 1 heterocycles. The van der Waals surface area contributed by atoms with Gasteiger partial charge in [0.15, 0.2) is 0 Å². The molecule has 0 N–H and O–H groups in total. The van der Waals surface area contributed by atoms with Crippen LogP contribution >= 0.6 is 45.2 Å². The zero-order valence-electron chi connectivity index (χ0n) is 5.55. The van der Waals surface area contributed by atoms with E-state index in [9.17, 15) is 8.42 Å². The summed E-state index contributed by atoms with van der Waals surface area (Å²) in [5.41, 5.74) is 0.446. The van der Waals surface area contributed by atoms with Gasteiger partial charge in [-0.15, -0.1) is 11.3 Å². The van der Waals surface area contributed by atoms with Crippen molar-refractivity contribution in [2.75, 3.05) is 0 Å². The van der Waals surface area contributed by atoms with Gasteiger partial charge >= 0.3 is 0 Å². The summed E-state index contributed by atoms with van der Waals surface area (Å²) in [5, 5.41) is 0. The van der Waals surface area contributed by atoms with E-state index in [2.05, 4.69) is 0 Å². The number of hydrogen-bond acceptors (Lipinski definition) is 3. The molecule has 0 radical (unpaired) electrons. The maximum atomic E-state index is 10.6. The third-order valence-electron chi connectivity index (χ3n) is 1.06. The number of halogens is 3. The largest absolute Gasteiger partial charge is 0.236 e. The van der Waals surface area contributed by atoms with Crippen LogP contribution in [0, 0.1) is 0 Å². The van der Waals surface area contributed by atoms with Crippen LogP contribution in [0.15, 0.2) is 6.07 Å². The lowest BCUT2D eigenvalue weighted by Crippen LogP contribution is -1.93. The van der Waals surface area contributed by atoms with Crippen LogP contribution in [-0.2, 0) is 14.8 Å². The predicted molar refractivity (Wildman–Crippen MR) is 52.8 cm³/mol. The molecule has 7 heteroatoms. The van der Waals surface area contributed by atoms with Crippen LogP contribution in [-0.4, -0.2) is 8.42 Å². The predicted octanol–water partition coefficient (Wildman–Crippen LogP) is 3.12. The Labute approximate surface area is 88.5 Å². The quantitative estimate of drug-likeness (QED) is 0.770. The first kappa shape index (κ1) is 10.6. The molecule has 1 aromatic rings. The average Bonchev–Trinajstić information content (AvgIpc) is 2.06. The second kappa shape index (κ2) is 3.72. The van der Waals surface area contributed by atoms with E-state index in [1.165, 1.54) is 6.07 Å². The third kappa shape index (κ3) is 3.11. The minimum absolute atomic E-state index is 0.281. The van der Waals surface area contributed by atoms with E-state index in [-0.39, 0.29) is 5.75 Å². The molecule has 0 atom stereocenters. The molecule has 1 rings (SSSR count). The fourth-order valence-corrected chi connectivity index (χ4v) is 3.27. The summed E-state index contributed by atoms with van der Waals surface area (Å²) in [4.78, 5) is 0. The van der Waals surface area contributed by atoms with Gasteiger partial charge in [0.25, 0.3) is 0 Å². The van der Waals surface area contributed by atoms with E-state index in [1.54, 1.807) is 0 Å². The van der Waals surface area contributed by atoms with Gasteiger partial charge < -0.3 is 0 Å². The smallest absolute Gasteiger partial charge is 0.212 e. The molecule has 0 saturated carbocycles. The molecule has 68 valence electrons. The van der Waals surface area contributed by atoms with Crippen molar-refractivity contribution in [2.24, 2.45) is 0 Å². The molecule has 0 saturated heterocycles. The van der Waals surface area contributed by atoms with Gasteiger partial charge in [0.1, 0.15) is 0 Å². The number of thiophene rings is 1. The second-order valence-electron chi connectivity index (χ2n) is 2.03. The van der Waals surface area contributed by atoms with Gasteiger partial charge in [0.05, 0.1) is 14.4 Å². The molecule has 0 aromatic carbocycles. The Morgan fingerprint density at radius 3 is 2.33 bits per heavy atom. The normalized spacial score (nSPS) is 11.9. The maximum Gasteiger partial charge on any atom is 0.236 e. The van der Waals surface area contributed by atoms with Gasteiger partial charge in [-0.05, 0) is 11.6 Å². The van der Waals surface area contributed by atoms with Crippen LogP contribution in [0.25, 0.3) is 0 Å². The van der Waals surface area contributed by atoms with Crippen molar-refractivity contribution in [3.8, 4) is 0 Å². The van der Waals surface area contributed by atoms with Crippen LogP contribution in [0.1, 0.15) is 5.56 Å². The monoisotopic (exact) mass is 264 g/mol. The lowest BCUT2D eigenvalue weighted by Gasteiger charge is -1.91. The molecule has 12 heavy (non-hydrogen) atoms. The second-order valence-corrected chi connectivity index (χ2v) is 7.10. The summed E-state index contributed by atoms with van der Waals surface area (Å²) < 4.78 is 22.1. The Kier molecular flexibility index (Phi) is 3.28. The molecule has 0 aliphatic rings. The molecular weight excluding hydrogens is 263 g/mol. The fourth-order valence-electron chi connectivity index (χ4n) is 0.658. The molecule has 0 aliphatic heterocycles. The first-order valence-electron chi connectivity index (χ1n) is 2.74. The minimum atomic E-state index is -3.55. The third-order valence-corrected chi connectivity index (χ3v) is 3.61. The topological polar surface area (TPSA) is 34.1 Å². The molecule has 0 fully saturated rings. The van der Waals surface area contributed by atoms with Crippen LogP contribution in [0.3, 0.4) is 0 Å². The van der Waals surface area contributed by atoms with Crippen LogP contribution in [0.2, 0.25) is 8.67 Å². The summed E-state index contributed by atoms with van der Waals surface area (Å²) >= 11 is 12.4. The lowest BCUT2D eigenvalue weighted by atomic mass is 10.4. The summed E-state index contributed by atoms with van der Waals surface area (Å²) in [6, 6.07) is 1.49. The molecular formula is C5H3Cl3O2S2. The van der Waals surface area contributed by atoms with Crippen LogP contribution < -0.4 is 0 Å². The first-order chi connectivity index (χ1) is 5.38. The highest BCUT2D eigenvalue weighted by Crippen LogP contribution is 2.32. The molecule has 2 nitrogen and oxygen atoms in total. The highest BCUT2D eigenvalue weighted by atomic mass is 35.7. The number of rotatable bonds is 2. The Hall–Kier alpha value is 0.520. The summed E-state index contributed by atoms with van der Waals surface area (Å²) in [6.45, 7) is 0. The fraction of sp³-hybridized carbons (Fsp3) is 0.200. The van der Waals surface area contributed by atoms with Gasteiger partial charge in [0.2, 0.25) is 9.05 Å². The Morgan fingerprint density at radius 1 is 1.42 bits per heavy atom. The van der Waals surface area contributed by atoms with Crippen molar-refractivity contribution in [1.29, 1.82) is 0 Å². The van der Waals surface area contributed by atoms with Crippen LogP contribution in [0.4, 0.5) is 0 Å². The Balaban J connectivity index is 2.97. The molecule has 0 bridgehead atoms. The van der Waals surface area contributed by atoms with Crippen LogP contribution in [0.5, 0.6) is 0 Å². The van der Waals surface area contributed by atoms with Gasteiger partial charge in [-0.3, -0.25) is 0 Å². The number of hydrogen-bond donors (Lipinski definition) is 0. The van der Waals surface area contributed by atoms with Crippen molar-refractivity contribution < 1.29 is 8.42 Å². The van der Waals surface area contributed by atoms with E-state index in [0.29, 0.717) is 14.2 Å². The zero-order valence-corrected chi connectivity index (χ0v) is 9.45. The van der Waals surface area contributed by atoms with Gasteiger partial charge in [-0.25, -0.2) is 8.42 Å². The van der Waals surface area contributed by atoms with Crippen molar-refractivity contribution in [2.45, 2.75) is 5.75 Å². The SMILES string of the molecule is O=S(=O)(Cl)Cc1cc(Cl)sc1Cl. The molecule has 1 aromatic heterocycles. The van der Waals surface area contributed by atoms with Crippen molar-refractivity contribution in [1.82, 2.24) is 0 Å². The molecule has 0 spiro atoms. The van der Waals surface area contributed by atoms with E-state index < -0.39 is 9.05 Å². The zero-order chi connectivity index (χ0) is 9.35. The van der Waals surface area contributed by atoms with E-state index in [0.717, 1.165) is 11.3 Å². The van der Waals surface area contributed by atoms with Gasteiger partial charge in [-0.2, -0.15) is 0 Å². The van der Waals surface area contributed by atoms with Crippen molar-refractivity contribution in [3.05, 3.63) is 20.3 Å². The van der Waals surface area contributed by atoms with Gasteiger partial charge in [-0.1, -0.05) is 23.2 Å². The highest BCUT2D eigenvalue weighted by Gasteiger charge is 2.13. The summed E-state index contributed by atoms with van der Waals surface area (Å²) in [7, 11) is 1.47. The minimum Gasteiger partial charge on any atom is -0.212 e. The maximum absolute atomic E-state index is 10.6. The molecule has 0 aliphatic carbocycles. The highest BCUT2D eigenvalue weighted by molar-refractivity contribution is 8.13. The van der Waals surface area contributed by atoms with E-state index in [1.807, 2.05) is 0 Å². The summed E-state index contributed by atoms with van der Waals surface area (Å²) in [6.07, 6.45) is 0. The average molecular weight is 266 g/mol.